The van der Waals surface area contributed by atoms with E-state index in [1.807, 2.05) is 0 Å². The molecule has 0 bridgehead atoms. The number of allylic oxidation sites excluding steroid dienone is 4. The van der Waals surface area contributed by atoms with Crippen LogP contribution >= 0.6 is 31.9 Å². The summed E-state index contributed by atoms with van der Waals surface area (Å²) in [6, 6.07) is 0. The summed E-state index contributed by atoms with van der Waals surface area (Å²) in [6.45, 7) is 0. The molecule has 0 fully saturated rings. The van der Waals surface area contributed by atoms with Crippen molar-refractivity contribution in [2.45, 2.75) is 38.5 Å². The molecule has 0 radical (unpaired) electrons. The van der Waals surface area contributed by atoms with Crippen LogP contribution in [0.1, 0.15) is 38.5 Å². The summed E-state index contributed by atoms with van der Waals surface area (Å²) in [4.78, 5) is 0. The van der Waals surface area contributed by atoms with Crippen LogP contribution in [0.15, 0.2) is 20.1 Å². The first kappa shape index (κ1) is 9.01. The summed E-state index contributed by atoms with van der Waals surface area (Å²) in [6.07, 6.45) is 7.73. The Balaban J connectivity index is 2.29. The number of hydrogen-bond acceptors (Lipinski definition) is 0. The second kappa shape index (κ2) is 3.67. The van der Waals surface area contributed by atoms with E-state index in [-0.39, 0.29) is 0 Å². The zero-order chi connectivity index (χ0) is 8.55. The summed E-state index contributed by atoms with van der Waals surface area (Å²) in [7, 11) is 0. The van der Waals surface area contributed by atoms with E-state index in [9.17, 15) is 0 Å². The second-order valence-corrected chi connectivity index (χ2v) is 5.39. The molecule has 0 amide bonds. The molecule has 12 heavy (non-hydrogen) atoms. The van der Waals surface area contributed by atoms with E-state index < -0.39 is 0 Å². The van der Waals surface area contributed by atoms with E-state index in [4.69, 9.17) is 0 Å². The van der Waals surface area contributed by atoms with Crippen LogP contribution in [-0.2, 0) is 0 Å². The highest BCUT2D eigenvalue weighted by Gasteiger charge is 2.21. The highest BCUT2D eigenvalue weighted by molar-refractivity contribution is 9.12. The third-order valence-corrected chi connectivity index (χ3v) is 4.42. The van der Waals surface area contributed by atoms with Gasteiger partial charge in [-0.05, 0) is 58.6 Å². The van der Waals surface area contributed by atoms with Gasteiger partial charge in [0.1, 0.15) is 0 Å². The van der Waals surface area contributed by atoms with Gasteiger partial charge in [-0.1, -0.05) is 31.9 Å². The normalized spacial score (nSPS) is 24.5. The lowest BCUT2D eigenvalue weighted by atomic mass is 10.1. The predicted molar refractivity (Wildman–Crippen MR) is 59.6 cm³/mol. The average molecular weight is 292 g/mol. The van der Waals surface area contributed by atoms with Crippen molar-refractivity contribution >= 4 is 31.9 Å². The first-order chi connectivity index (χ1) is 5.79. The van der Waals surface area contributed by atoms with Gasteiger partial charge >= 0.3 is 0 Å². The molecular formula is C10H12Br2. The van der Waals surface area contributed by atoms with Crippen molar-refractivity contribution in [3.63, 3.8) is 0 Å². The quantitative estimate of drug-likeness (QED) is 0.659. The fourth-order valence-corrected chi connectivity index (χ4v) is 3.48. The van der Waals surface area contributed by atoms with Gasteiger partial charge in [0.25, 0.3) is 0 Å². The first-order valence-corrected chi connectivity index (χ1v) is 6.13. The molecule has 66 valence electrons. The lowest BCUT2D eigenvalue weighted by Gasteiger charge is -2.04. The largest absolute Gasteiger partial charge is 0.0553 e. The van der Waals surface area contributed by atoms with Crippen molar-refractivity contribution in [1.82, 2.24) is 0 Å². The van der Waals surface area contributed by atoms with Crippen molar-refractivity contribution in [2.24, 2.45) is 0 Å². The molecule has 0 aliphatic heterocycles. The smallest absolute Gasteiger partial charge is 0.00142 e. The molecule has 2 rings (SSSR count). The van der Waals surface area contributed by atoms with Crippen LogP contribution in [0.5, 0.6) is 0 Å². The predicted octanol–water partition coefficient (Wildman–Crippen LogP) is 4.65. The van der Waals surface area contributed by atoms with Gasteiger partial charge in [0.05, 0.1) is 0 Å². The zero-order valence-electron chi connectivity index (χ0n) is 7.00. The van der Waals surface area contributed by atoms with Gasteiger partial charge in [0.2, 0.25) is 0 Å². The number of halogens is 2. The monoisotopic (exact) mass is 290 g/mol. The molecule has 0 aromatic rings. The third-order valence-electron chi connectivity index (χ3n) is 2.67. The Kier molecular flexibility index (Phi) is 2.75. The van der Waals surface area contributed by atoms with Gasteiger partial charge in [0, 0.05) is 0 Å². The van der Waals surface area contributed by atoms with Crippen LogP contribution in [-0.4, -0.2) is 0 Å². The zero-order valence-corrected chi connectivity index (χ0v) is 10.2. The standard InChI is InChI=1S/C10H12Br2/c11-9-5-1-3-7(9)8-4-2-6-10(8)12/h1-6H2. The summed E-state index contributed by atoms with van der Waals surface area (Å²) in [5.41, 5.74) is 3.19. The van der Waals surface area contributed by atoms with Crippen LogP contribution < -0.4 is 0 Å². The minimum atomic E-state index is 1.25. The van der Waals surface area contributed by atoms with Crippen molar-refractivity contribution in [1.29, 1.82) is 0 Å². The summed E-state index contributed by atoms with van der Waals surface area (Å²) in [5.74, 6) is 0. The third kappa shape index (κ3) is 1.56. The van der Waals surface area contributed by atoms with Crippen LogP contribution in [0.25, 0.3) is 0 Å². The van der Waals surface area contributed by atoms with E-state index in [2.05, 4.69) is 31.9 Å². The molecule has 0 saturated carbocycles. The highest BCUT2D eigenvalue weighted by Crippen LogP contribution is 2.43. The van der Waals surface area contributed by atoms with E-state index >= 15 is 0 Å². The Bertz CT molecular complexity index is 233. The van der Waals surface area contributed by atoms with Crippen molar-refractivity contribution < 1.29 is 0 Å². The minimum absolute atomic E-state index is 1.25. The molecule has 0 aromatic heterocycles. The maximum atomic E-state index is 3.67. The fourth-order valence-electron chi connectivity index (χ4n) is 2.04. The van der Waals surface area contributed by atoms with Gasteiger partial charge in [-0.15, -0.1) is 0 Å². The van der Waals surface area contributed by atoms with Gasteiger partial charge in [-0.3, -0.25) is 0 Å². The highest BCUT2D eigenvalue weighted by atomic mass is 79.9. The van der Waals surface area contributed by atoms with Gasteiger partial charge in [0.15, 0.2) is 0 Å². The molecule has 2 heteroatoms. The summed E-state index contributed by atoms with van der Waals surface area (Å²) in [5, 5.41) is 0. The van der Waals surface area contributed by atoms with Gasteiger partial charge in [-0.25, -0.2) is 0 Å². The van der Waals surface area contributed by atoms with Crippen molar-refractivity contribution in [3.05, 3.63) is 20.1 Å². The SMILES string of the molecule is BrC1=C(C2=C(Br)CCC2)CCC1. The molecule has 0 nitrogen and oxygen atoms in total. The van der Waals surface area contributed by atoms with Crippen molar-refractivity contribution in [3.8, 4) is 0 Å². The Morgan fingerprint density at radius 3 is 1.33 bits per heavy atom. The van der Waals surface area contributed by atoms with Gasteiger partial charge in [-0.2, -0.15) is 0 Å². The average Bonchev–Trinajstić information content (AvgIpc) is 2.59. The second-order valence-electron chi connectivity index (χ2n) is 3.47. The maximum Gasteiger partial charge on any atom is -0.00142 e. The molecule has 2 aliphatic carbocycles. The number of hydrogen-bond donors (Lipinski definition) is 0. The Hall–Kier alpha value is 0.440. The van der Waals surface area contributed by atoms with E-state index in [1.165, 1.54) is 47.5 Å². The Labute approximate surface area is 90.4 Å². The molecule has 0 atom stereocenters. The van der Waals surface area contributed by atoms with Crippen LogP contribution in [0.3, 0.4) is 0 Å². The summed E-state index contributed by atoms with van der Waals surface area (Å²) < 4.78 is 2.91. The minimum Gasteiger partial charge on any atom is -0.0553 e. The van der Waals surface area contributed by atoms with Crippen molar-refractivity contribution in [2.75, 3.05) is 0 Å². The topological polar surface area (TPSA) is 0 Å². The first-order valence-electron chi connectivity index (χ1n) is 4.54. The molecule has 0 spiro atoms. The lowest BCUT2D eigenvalue weighted by Crippen LogP contribution is -1.84. The van der Waals surface area contributed by atoms with Crippen LogP contribution in [0.2, 0.25) is 0 Å². The van der Waals surface area contributed by atoms with Crippen LogP contribution in [0.4, 0.5) is 0 Å². The Morgan fingerprint density at radius 1 is 0.667 bits per heavy atom. The Morgan fingerprint density at radius 2 is 1.08 bits per heavy atom. The van der Waals surface area contributed by atoms with Gasteiger partial charge < -0.3 is 0 Å². The molecule has 0 heterocycles. The molecule has 0 saturated heterocycles. The molecule has 0 unspecified atom stereocenters. The summed E-state index contributed by atoms with van der Waals surface area (Å²) >= 11 is 7.33. The van der Waals surface area contributed by atoms with E-state index in [0.29, 0.717) is 0 Å². The lowest BCUT2D eigenvalue weighted by molar-refractivity contribution is 0.878. The molecule has 2 aliphatic rings. The molecule has 0 aromatic carbocycles. The van der Waals surface area contributed by atoms with E-state index in [0.717, 1.165) is 0 Å². The fraction of sp³-hybridized carbons (Fsp3) is 0.600. The molecular weight excluding hydrogens is 280 g/mol. The van der Waals surface area contributed by atoms with E-state index in [1.54, 1.807) is 11.1 Å². The number of rotatable bonds is 1. The van der Waals surface area contributed by atoms with Crippen LogP contribution in [0, 0.1) is 0 Å². The maximum absolute atomic E-state index is 3.67. The molecule has 0 N–H and O–H groups in total.